The van der Waals surface area contributed by atoms with Crippen molar-refractivity contribution in [2.75, 3.05) is 0 Å². The smallest absolute Gasteiger partial charge is 0.179 e. The SMILES string of the molecule is N#Cc1cccc2c3c(I)n[nH]c3nn12. The van der Waals surface area contributed by atoms with E-state index in [1.54, 1.807) is 10.6 Å². The van der Waals surface area contributed by atoms with Crippen LogP contribution < -0.4 is 0 Å². The van der Waals surface area contributed by atoms with E-state index >= 15 is 0 Å². The zero-order chi connectivity index (χ0) is 10.4. The fourth-order valence-electron chi connectivity index (χ4n) is 1.59. The minimum absolute atomic E-state index is 0.521. The highest BCUT2D eigenvalue weighted by molar-refractivity contribution is 14.1. The maximum Gasteiger partial charge on any atom is 0.179 e. The van der Waals surface area contributed by atoms with Crippen LogP contribution in [-0.2, 0) is 0 Å². The van der Waals surface area contributed by atoms with Crippen molar-refractivity contribution < 1.29 is 0 Å². The van der Waals surface area contributed by atoms with Crippen LogP contribution in [0.4, 0.5) is 0 Å². The first-order chi connectivity index (χ1) is 7.31. The summed E-state index contributed by atoms with van der Waals surface area (Å²) in [6.07, 6.45) is 0. The van der Waals surface area contributed by atoms with Crippen molar-refractivity contribution in [2.45, 2.75) is 0 Å². The van der Waals surface area contributed by atoms with E-state index in [2.05, 4.69) is 44.0 Å². The largest absolute Gasteiger partial charge is 0.258 e. The topological polar surface area (TPSA) is 69.8 Å². The van der Waals surface area contributed by atoms with Crippen molar-refractivity contribution in [3.63, 3.8) is 0 Å². The van der Waals surface area contributed by atoms with Crippen molar-refractivity contribution in [2.24, 2.45) is 0 Å². The fraction of sp³-hybridized carbons (Fsp3) is 0. The number of nitrogens with zero attached hydrogens (tertiary/aromatic N) is 4. The van der Waals surface area contributed by atoms with Crippen LogP contribution in [0.3, 0.4) is 0 Å². The summed E-state index contributed by atoms with van der Waals surface area (Å²) in [7, 11) is 0. The average Bonchev–Trinajstić information content (AvgIpc) is 2.78. The summed E-state index contributed by atoms with van der Waals surface area (Å²) >= 11 is 2.14. The third-order valence-corrected chi connectivity index (χ3v) is 3.02. The number of halogens is 1. The lowest BCUT2D eigenvalue weighted by Crippen LogP contribution is -1.93. The summed E-state index contributed by atoms with van der Waals surface area (Å²) in [6, 6.07) is 7.61. The first-order valence-corrected chi connectivity index (χ1v) is 5.30. The molecule has 3 rings (SSSR count). The number of hydrogen-bond donors (Lipinski definition) is 1. The number of hydrogen-bond acceptors (Lipinski definition) is 3. The molecule has 0 saturated carbocycles. The second-order valence-corrected chi connectivity index (χ2v) is 4.08. The minimum atomic E-state index is 0.521. The van der Waals surface area contributed by atoms with Gasteiger partial charge < -0.3 is 0 Å². The van der Waals surface area contributed by atoms with E-state index in [9.17, 15) is 0 Å². The molecule has 0 aliphatic heterocycles. The van der Waals surface area contributed by atoms with E-state index in [0.717, 1.165) is 14.6 Å². The fourth-order valence-corrected chi connectivity index (χ4v) is 2.25. The predicted molar refractivity (Wildman–Crippen MR) is 62.3 cm³/mol. The van der Waals surface area contributed by atoms with Gasteiger partial charge in [-0.05, 0) is 34.7 Å². The normalized spacial score (nSPS) is 10.9. The van der Waals surface area contributed by atoms with Gasteiger partial charge >= 0.3 is 0 Å². The molecule has 0 aliphatic carbocycles. The molecule has 0 aliphatic rings. The molecule has 0 saturated heterocycles. The Balaban J connectivity index is 2.62. The first-order valence-electron chi connectivity index (χ1n) is 4.22. The van der Waals surface area contributed by atoms with Crippen molar-refractivity contribution in [3.8, 4) is 6.07 Å². The van der Waals surface area contributed by atoms with Crippen LogP contribution in [0.5, 0.6) is 0 Å². The number of aromatic nitrogens is 4. The highest BCUT2D eigenvalue weighted by atomic mass is 127. The minimum Gasteiger partial charge on any atom is -0.258 e. The molecule has 0 atom stereocenters. The van der Waals surface area contributed by atoms with Crippen molar-refractivity contribution in [1.82, 2.24) is 19.8 Å². The number of pyridine rings is 1. The zero-order valence-electron chi connectivity index (χ0n) is 7.40. The standard InChI is InChI=1S/C9H4IN5/c10-8-7-6-3-1-2-5(4-11)15(6)14-9(7)13-12-8/h1-3H,(H,13,14). The molecule has 1 N–H and O–H groups in total. The summed E-state index contributed by atoms with van der Waals surface area (Å²) < 4.78 is 2.50. The molecule has 5 nitrogen and oxygen atoms in total. The van der Waals surface area contributed by atoms with Gasteiger partial charge in [-0.2, -0.15) is 10.4 Å². The van der Waals surface area contributed by atoms with Gasteiger partial charge in [0, 0.05) is 0 Å². The van der Waals surface area contributed by atoms with Crippen LogP contribution in [0.2, 0.25) is 0 Å². The Morgan fingerprint density at radius 3 is 3.13 bits per heavy atom. The molecule has 0 unspecified atom stereocenters. The van der Waals surface area contributed by atoms with Crippen molar-refractivity contribution in [1.29, 1.82) is 5.26 Å². The zero-order valence-corrected chi connectivity index (χ0v) is 9.56. The van der Waals surface area contributed by atoms with Crippen LogP contribution in [0.1, 0.15) is 5.69 Å². The Hall–Kier alpha value is -1.62. The van der Waals surface area contributed by atoms with Crippen molar-refractivity contribution in [3.05, 3.63) is 27.6 Å². The molecule has 15 heavy (non-hydrogen) atoms. The van der Waals surface area contributed by atoms with E-state index in [0.29, 0.717) is 11.3 Å². The molecule has 3 heterocycles. The molecule has 72 valence electrons. The first kappa shape index (κ1) is 8.67. The summed E-state index contributed by atoms with van der Waals surface area (Å²) in [5, 5.41) is 21.1. The maximum atomic E-state index is 8.93. The van der Waals surface area contributed by atoms with E-state index in [-0.39, 0.29) is 0 Å². The van der Waals surface area contributed by atoms with Crippen LogP contribution in [0, 0.1) is 15.0 Å². The van der Waals surface area contributed by atoms with Gasteiger partial charge in [0.25, 0.3) is 0 Å². The molecule has 0 spiro atoms. The van der Waals surface area contributed by atoms with Crippen LogP contribution in [0.15, 0.2) is 18.2 Å². The van der Waals surface area contributed by atoms with Gasteiger partial charge in [0.1, 0.15) is 15.5 Å². The van der Waals surface area contributed by atoms with Gasteiger partial charge in [-0.15, -0.1) is 5.10 Å². The number of H-pyrrole nitrogens is 1. The van der Waals surface area contributed by atoms with Crippen LogP contribution in [-0.4, -0.2) is 19.8 Å². The van der Waals surface area contributed by atoms with E-state index in [1.807, 2.05) is 12.1 Å². The van der Waals surface area contributed by atoms with Crippen LogP contribution in [0.25, 0.3) is 16.6 Å². The molecule has 6 heteroatoms. The van der Waals surface area contributed by atoms with Gasteiger partial charge in [-0.1, -0.05) is 6.07 Å². The molecule has 3 aromatic heterocycles. The number of rotatable bonds is 0. The second-order valence-electron chi connectivity index (χ2n) is 3.06. The Morgan fingerprint density at radius 1 is 1.47 bits per heavy atom. The third kappa shape index (κ3) is 1.07. The Bertz CT molecular complexity index is 702. The Labute approximate surface area is 97.8 Å². The number of fused-ring (bicyclic) bond motifs is 3. The summed E-state index contributed by atoms with van der Waals surface area (Å²) in [6.45, 7) is 0. The highest BCUT2D eigenvalue weighted by Gasteiger charge is 2.12. The third-order valence-electron chi connectivity index (χ3n) is 2.24. The molecule has 0 fully saturated rings. The number of nitrogens with one attached hydrogen (secondary N) is 1. The molecule has 0 amide bonds. The van der Waals surface area contributed by atoms with Gasteiger partial charge in [-0.3, -0.25) is 5.10 Å². The number of nitriles is 1. The van der Waals surface area contributed by atoms with Gasteiger partial charge in [0.15, 0.2) is 5.65 Å². The molecular formula is C9H4IN5. The monoisotopic (exact) mass is 309 g/mol. The number of aromatic amines is 1. The summed E-state index contributed by atoms with van der Waals surface area (Å²) in [5.74, 6) is 0. The summed E-state index contributed by atoms with van der Waals surface area (Å²) in [4.78, 5) is 0. The van der Waals surface area contributed by atoms with Crippen LogP contribution >= 0.6 is 22.6 Å². The second kappa shape index (κ2) is 2.93. The van der Waals surface area contributed by atoms with Gasteiger partial charge in [0.05, 0.1) is 10.9 Å². The van der Waals surface area contributed by atoms with Gasteiger partial charge in [-0.25, -0.2) is 4.52 Å². The Morgan fingerprint density at radius 2 is 2.33 bits per heavy atom. The van der Waals surface area contributed by atoms with E-state index < -0.39 is 0 Å². The summed E-state index contributed by atoms with van der Waals surface area (Å²) in [5.41, 5.74) is 2.14. The lowest BCUT2D eigenvalue weighted by molar-refractivity contribution is 0.933. The highest BCUT2D eigenvalue weighted by Crippen LogP contribution is 2.23. The van der Waals surface area contributed by atoms with Crippen molar-refractivity contribution >= 4 is 39.1 Å². The maximum absolute atomic E-state index is 8.93. The molecule has 3 aromatic rings. The average molecular weight is 309 g/mol. The molecular weight excluding hydrogens is 305 g/mol. The lowest BCUT2D eigenvalue weighted by atomic mass is 10.3. The lowest BCUT2D eigenvalue weighted by Gasteiger charge is -1.94. The Kier molecular flexibility index (Phi) is 1.70. The molecule has 0 radical (unpaired) electrons. The molecule has 0 bridgehead atoms. The van der Waals surface area contributed by atoms with E-state index in [4.69, 9.17) is 5.26 Å². The predicted octanol–water partition coefficient (Wildman–Crippen LogP) is 1.69. The van der Waals surface area contributed by atoms with E-state index in [1.165, 1.54) is 0 Å². The quantitative estimate of drug-likeness (QED) is 0.642. The molecule has 0 aromatic carbocycles. The van der Waals surface area contributed by atoms with Gasteiger partial charge in [0.2, 0.25) is 0 Å².